The average Bonchev–Trinajstić information content (AvgIpc) is 2.23. The molecule has 0 heterocycles. The van der Waals surface area contributed by atoms with Gasteiger partial charge < -0.3 is 5.73 Å². The van der Waals surface area contributed by atoms with Crippen molar-refractivity contribution in [2.24, 2.45) is 5.73 Å². The summed E-state index contributed by atoms with van der Waals surface area (Å²) in [5, 5.41) is 0. The van der Waals surface area contributed by atoms with E-state index in [-0.39, 0.29) is 11.4 Å². The summed E-state index contributed by atoms with van der Waals surface area (Å²) in [5.41, 5.74) is 6.27. The first-order valence-electron chi connectivity index (χ1n) is 5.72. The highest BCUT2D eigenvalue weighted by molar-refractivity contribution is 9.10. The van der Waals surface area contributed by atoms with Gasteiger partial charge in [0.2, 0.25) is 0 Å². The molecule has 1 aromatic rings. The van der Waals surface area contributed by atoms with Crippen molar-refractivity contribution in [2.45, 2.75) is 32.4 Å². The molecule has 4 heteroatoms. The molecule has 0 amide bonds. The van der Waals surface area contributed by atoms with Crippen molar-refractivity contribution in [3.8, 4) is 0 Å². The van der Waals surface area contributed by atoms with E-state index in [1.54, 1.807) is 6.07 Å². The molecule has 1 rings (SSSR count). The molecule has 17 heavy (non-hydrogen) atoms. The van der Waals surface area contributed by atoms with Crippen LogP contribution in [0, 0.1) is 5.82 Å². The van der Waals surface area contributed by atoms with Crippen LogP contribution in [0.1, 0.15) is 25.8 Å². The van der Waals surface area contributed by atoms with E-state index in [0.29, 0.717) is 18.7 Å². The lowest BCUT2D eigenvalue weighted by molar-refractivity contribution is 0.138. The summed E-state index contributed by atoms with van der Waals surface area (Å²) in [6.07, 6.45) is 0.888. The number of nitrogens with two attached hydrogens (primary N) is 1. The van der Waals surface area contributed by atoms with Crippen molar-refractivity contribution < 1.29 is 4.39 Å². The van der Waals surface area contributed by atoms with E-state index >= 15 is 0 Å². The fourth-order valence-corrected chi connectivity index (χ4v) is 2.09. The predicted octanol–water partition coefficient (Wildman–Crippen LogP) is 3.15. The van der Waals surface area contributed by atoms with Crippen LogP contribution in [0.5, 0.6) is 0 Å². The Bertz CT molecular complexity index is 380. The summed E-state index contributed by atoms with van der Waals surface area (Å²) >= 11 is 3.36. The summed E-state index contributed by atoms with van der Waals surface area (Å²) in [6, 6.07) is 5.03. The smallest absolute Gasteiger partial charge is 0.127 e. The molecular weight excluding hydrogens is 283 g/mol. The zero-order valence-electron chi connectivity index (χ0n) is 10.6. The van der Waals surface area contributed by atoms with E-state index in [9.17, 15) is 4.39 Å². The molecule has 2 nitrogen and oxygen atoms in total. The first kappa shape index (κ1) is 14.6. The van der Waals surface area contributed by atoms with Gasteiger partial charge in [0.25, 0.3) is 0 Å². The minimum absolute atomic E-state index is 0.0243. The van der Waals surface area contributed by atoms with Gasteiger partial charge in [0.15, 0.2) is 0 Å². The molecular formula is C13H20BrFN2. The quantitative estimate of drug-likeness (QED) is 0.905. The first-order chi connectivity index (χ1) is 7.86. The van der Waals surface area contributed by atoms with E-state index in [4.69, 9.17) is 5.73 Å². The summed E-state index contributed by atoms with van der Waals surface area (Å²) < 4.78 is 14.5. The standard InChI is InChI=1S/C13H20BrFN2/c1-13(2,6-7-16)17(3)9-10-8-11(14)4-5-12(10)15/h4-5,8H,6-7,9,16H2,1-3H3. The lowest BCUT2D eigenvalue weighted by Gasteiger charge is -2.35. The topological polar surface area (TPSA) is 29.3 Å². The van der Waals surface area contributed by atoms with Crippen LogP contribution in [0.2, 0.25) is 0 Å². The second kappa shape index (κ2) is 5.94. The van der Waals surface area contributed by atoms with Crippen LogP contribution in [-0.4, -0.2) is 24.0 Å². The molecule has 0 spiro atoms. The van der Waals surface area contributed by atoms with Crippen molar-refractivity contribution >= 4 is 15.9 Å². The van der Waals surface area contributed by atoms with Gasteiger partial charge in [0.1, 0.15) is 5.82 Å². The van der Waals surface area contributed by atoms with Gasteiger partial charge in [-0.1, -0.05) is 15.9 Å². The maximum atomic E-state index is 13.6. The molecule has 2 N–H and O–H groups in total. The second-order valence-electron chi connectivity index (χ2n) is 4.94. The van der Waals surface area contributed by atoms with E-state index in [1.165, 1.54) is 6.07 Å². The molecule has 1 aromatic carbocycles. The Balaban J connectivity index is 2.80. The fourth-order valence-electron chi connectivity index (χ4n) is 1.68. The molecule has 0 radical (unpaired) electrons. The number of rotatable bonds is 5. The van der Waals surface area contributed by atoms with E-state index in [0.717, 1.165) is 10.9 Å². The minimum atomic E-state index is -0.163. The first-order valence-corrected chi connectivity index (χ1v) is 6.51. The number of hydrogen-bond donors (Lipinski definition) is 1. The molecule has 0 atom stereocenters. The summed E-state index contributed by atoms with van der Waals surface area (Å²) in [5.74, 6) is -0.163. The van der Waals surface area contributed by atoms with Crippen molar-refractivity contribution in [2.75, 3.05) is 13.6 Å². The number of benzene rings is 1. The number of nitrogens with zero attached hydrogens (tertiary/aromatic N) is 1. The van der Waals surface area contributed by atoms with Crippen LogP contribution in [0.3, 0.4) is 0 Å². The third kappa shape index (κ3) is 4.05. The van der Waals surface area contributed by atoms with Gasteiger partial charge in [0.05, 0.1) is 0 Å². The largest absolute Gasteiger partial charge is 0.330 e. The van der Waals surface area contributed by atoms with Crippen LogP contribution in [0.25, 0.3) is 0 Å². The lowest BCUT2D eigenvalue weighted by Crippen LogP contribution is -2.42. The van der Waals surface area contributed by atoms with E-state index < -0.39 is 0 Å². The molecule has 0 aromatic heterocycles. The van der Waals surface area contributed by atoms with Gasteiger partial charge in [-0.3, -0.25) is 4.90 Å². The minimum Gasteiger partial charge on any atom is -0.330 e. The van der Waals surface area contributed by atoms with Gasteiger partial charge in [-0.15, -0.1) is 0 Å². The van der Waals surface area contributed by atoms with E-state index in [1.807, 2.05) is 13.1 Å². The maximum Gasteiger partial charge on any atom is 0.127 e. The van der Waals surface area contributed by atoms with Crippen LogP contribution >= 0.6 is 15.9 Å². The highest BCUT2D eigenvalue weighted by atomic mass is 79.9. The molecule has 0 fully saturated rings. The summed E-state index contributed by atoms with van der Waals surface area (Å²) in [4.78, 5) is 2.13. The lowest BCUT2D eigenvalue weighted by atomic mass is 9.98. The third-order valence-electron chi connectivity index (χ3n) is 3.20. The molecule has 0 saturated heterocycles. The van der Waals surface area contributed by atoms with Gasteiger partial charge in [0, 0.05) is 22.1 Å². The van der Waals surface area contributed by atoms with Gasteiger partial charge >= 0.3 is 0 Å². The molecule has 0 unspecified atom stereocenters. The zero-order valence-corrected chi connectivity index (χ0v) is 12.2. The Morgan fingerprint density at radius 1 is 1.41 bits per heavy atom. The molecule has 0 aliphatic carbocycles. The number of halogens is 2. The molecule has 96 valence electrons. The molecule has 0 aliphatic rings. The Kier molecular flexibility index (Phi) is 5.10. The SMILES string of the molecule is CN(Cc1cc(Br)ccc1F)C(C)(C)CCN. The Morgan fingerprint density at radius 3 is 2.65 bits per heavy atom. The summed E-state index contributed by atoms with van der Waals surface area (Å²) in [7, 11) is 2.00. The van der Waals surface area contributed by atoms with Crippen LogP contribution in [0.15, 0.2) is 22.7 Å². The van der Waals surface area contributed by atoms with Crippen LogP contribution < -0.4 is 5.73 Å². The third-order valence-corrected chi connectivity index (χ3v) is 3.70. The van der Waals surface area contributed by atoms with Crippen LogP contribution in [-0.2, 0) is 6.54 Å². The van der Waals surface area contributed by atoms with Crippen molar-refractivity contribution in [1.82, 2.24) is 4.90 Å². The zero-order chi connectivity index (χ0) is 13.1. The highest BCUT2D eigenvalue weighted by Crippen LogP contribution is 2.22. The monoisotopic (exact) mass is 302 g/mol. The maximum absolute atomic E-state index is 13.6. The van der Waals surface area contributed by atoms with Gasteiger partial charge in [-0.05, 0) is 52.1 Å². The molecule has 0 aliphatic heterocycles. The number of hydrogen-bond acceptors (Lipinski definition) is 2. The predicted molar refractivity (Wildman–Crippen MR) is 73.3 cm³/mol. The second-order valence-corrected chi connectivity index (χ2v) is 5.86. The highest BCUT2D eigenvalue weighted by Gasteiger charge is 2.23. The van der Waals surface area contributed by atoms with E-state index in [2.05, 4.69) is 34.7 Å². The summed E-state index contributed by atoms with van der Waals surface area (Å²) in [6.45, 7) is 5.46. The van der Waals surface area contributed by atoms with Gasteiger partial charge in [-0.25, -0.2) is 4.39 Å². The Labute approximate surface area is 111 Å². The van der Waals surface area contributed by atoms with Crippen molar-refractivity contribution in [3.63, 3.8) is 0 Å². The van der Waals surface area contributed by atoms with Gasteiger partial charge in [-0.2, -0.15) is 0 Å². The molecule has 0 saturated carbocycles. The average molecular weight is 303 g/mol. The fraction of sp³-hybridized carbons (Fsp3) is 0.538. The van der Waals surface area contributed by atoms with Crippen molar-refractivity contribution in [1.29, 1.82) is 0 Å². The normalized spacial score (nSPS) is 12.2. The van der Waals surface area contributed by atoms with Crippen molar-refractivity contribution in [3.05, 3.63) is 34.1 Å². The Hall–Kier alpha value is -0.450. The Morgan fingerprint density at radius 2 is 2.06 bits per heavy atom. The molecule has 0 bridgehead atoms. The van der Waals surface area contributed by atoms with Crippen LogP contribution in [0.4, 0.5) is 4.39 Å².